The minimum Gasteiger partial charge on any atom is -0.468 e. The number of Topliss-reactive ketones (excluding diaryl/α,β-unsaturated/α-hetero) is 1. The number of esters is 1. The Hall–Kier alpha value is -1.64. The first-order valence-corrected chi connectivity index (χ1v) is 5.25. The van der Waals surface area contributed by atoms with Gasteiger partial charge in [0.15, 0.2) is 5.78 Å². The van der Waals surface area contributed by atoms with Crippen LogP contribution >= 0.6 is 0 Å². The summed E-state index contributed by atoms with van der Waals surface area (Å²) < 4.78 is 4.66. The molecule has 3 nitrogen and oxygen atoms in total. The number of carbonyl (C=O) groups excluding carboxylic acids is 2. The van der Waals surface area contributed by atoms with Gasteiger partial charge in [-0.2, -0.15) is 0 Å². The fourth-order valence-electron chi connectivity index (χ4n) is 1.59. The summed E-state index contributed by atoms with van der Waals surface area (Å²) in [6.07, 6.45) is 0. The predicted octanol–water partition coefficient (Wildman–Crippen LogP) is 2.31. The first kappa shape index (κ1) is 12.4. The molecule has 0 radical (unpaired) electrons. The molecule has 0 aliphatic carbocycles. The maximum atomic E-state index is 12.1. The summed E-state index contributed by atoms with van der Waals surface area (Å²) >= 11 is 0. The average molecular weight is 220 g/mol. The molecule has 0 heterocycles. The minimum atomic E-state index is -0.715. The molecule has 3 heteroatoms. The molecule has 0 amide bonds. The van der Waals surface area contributed by atoms with Gasteiger partial charge in [-0.3, -0.25) is 9.59 Å². The molecule has 0 aromatic heterocycles. The summed E-state index contributed by atoms with van der Waals surface area (Å²) in [5, 5.41) is 0. The van der Waals surface area contributed by atoms with Crippen molar-refractivity contribution in [2.75, 3.05) is 7.11 Å². The Morgan fingerprint density at radius 3 is 2.12 bits per heavy atom. The molecule has 0 fully saturated rings. The van der Waals surface area contributed by atoms with Crippen LogP contribution in [-0.2, 0) is 9.53 Å². The molecule has 0 unspecified atom stereocenters. The van der Waals surface area contributed by atoms with Crippen LogP contribution in [0.5, 0.6) is 0 Å². The Labute approximate surface area is 95.4 Å². The number of carbonyl (C=O) groups is 2. The van der Waals surface area contributed by atoms with Crippen molar-refractivity contribution in [2.24, 2.45) is 11.8 Å². The van der Waals surface area contributed by atoms with Crippen LogP contribution in [0.3, 0.4) is 0 Å². The fraction of sp³-hybridized carbons (Fsp3) is 0.385. The summed E-state index contributed by atoms with van der Waals surface area (Å²) in [6.45, 7) is 3.67. The maximum Gasteiger partial charge on any atom is 0.316 e. The lowest BCUT2D eigenvalue weighted by molar-refractivity contribution is -0.144. The highest BCUT2D eigenvalue weighted by atomic mass is 16.5. The second-order valence-electron chi connectivity index (χ2n) is 3.98. The van der Waals surface area contributed by atoms with Gasteiger partial charge in [-0.25, -0.2) is 0 Å². The summed E-state index contributed by atoms with van der Waals surface area (Å²) in [7, 11) is 1.30. The van der Waals surface area contributed by atoms with Gasteiger partial charge < -0.3 is 4.74 Å². The van der Waals surface area contributed by atoms with E-state index in [1.54, 1.807) is 24.3 Å². The molecule has 0 aliphatic heterocycles. The van der Waals surface area contributed by atoms with E-state index in [9.17, 15) is 9.59 Å². The Morgan fingerprint density at radius 2 is 1.69 bits per heavy atom. The number of rotatable bonds is 4. The molecular weight excluding hydrogens is 204 g/mol. The smallest absolute Gasteiger partial charge is 0.316 e. The van der Waals surface area contributed by atoms with Crippen molar-refractivity contribution in [1.82, 2.24) is 0 Å². The number of hydrogen-bond acceptors (Lipinski definition) is 3. The van der Waals surface area contributed by atoms with E-state index >= 15 is 0 Å². The number of hydrogen-bond donors (Lipinski definition) is 0. The van der Waals surface area contributed by atoms with E-state index < -0.39 is 11.9 Å². The molecule has 0 saturated carbocycles. The molecule has 1 rings (SSSR count). The van der Waals surface area contributed by atoms with Gasteiger partial charge in [0.1, 0.15) is 5.92 Å². The number of benzene rings is 1. The van der Waals surface area contributed by atoms with Crippen molar-refractivity contribution >= 4 is 11.8 Å². The largest absolute Gasteiger partial charge is 0.468 e. The minimum absolute atomic E-state index is 0.0693. The predicted molar refractivity (Wildman–Crippen MR) is 61.1 cm³/mol. The summed E-state index contributed by atoms with van der Waals surface area (Å²) in [4.78, 5) is 23.6. The van der Waals surface area contributed by atoms with Gasteiger partial charge in [0.05, 0.1) is 7.11 Å². The van der Waals surface area contributed by atoms with Crippen molar-refractivity contribution in [3.63, 3.8) is 0 Å². The molecule has 0 bridgehead atoms. The van der Waals surface area contributed by atoms with E-state index in [0.717, 1.165) is 0 Å². The molecule has 0 N–H and O–H groups in total. The van der Waals surface area contributed by atoms with E-state index in [0.29, 0.717) is 5.56 Å². The average Bonchev–Trinajstić information content (AvgIpc) is 2.29. The zero-order valence-corrected chi connectivity index (χ0v) is 9.77. The fourth-order valence-corrected chi connectivity index (χ4v) is 1.59. The van der Waals surface area contributed by atoms with Gasteiger partial charge in [0.25, 0.3) is 0 Å². The second-order valence-corrected chi connectivity index (χ2v) is 3.98. The second kappa shape index (κ2) is 5.45. The Kier molecular flexibility index (Phi) is 4.23. The molecule has 16 heavy (non-hydrogen) atoms. The highest BCUT2D eigenvalue weighted by Gasteiger charge is 2.31. The maximum absolute atomic E-state index is 12.1. The lowest BCUT2D eigenvalue weighted by atomic mass is 9.88. The van der Waals surface area contributed by atoms with E-state index in [1.165, 1.54) is 7.11 Å². The van der Waals surface area contributed by atoms with Crippen molar-refractivity contribution in [3.8, 4) is 0 Å². The molecule has 0 spiro atoms. The molecule has 86 valence electrons. The molecule has 0 aliphatic rings. The number of methoxy groups -OCH3 is 1. The van der Waals surface area contributed by atoms with E-state index in [2.05, 4.69) is 4.74 Å². The zero-order chi connectivity index (χ0) is 12.1. The van der Waals surface area contributed by atoms with Crippen molar-refractivity contribution in [1.29, 1.82) is 0 Å². The van der Waals surface area contributed by atoms with Gasteiger partial charge in [-0.05, 0) is 5.92 Å². The van der Waals surface area contributed by atoms with Crippen LogP contribution in [0.2, 0.25) is 0 Å². The summed E-state index contributed by atoms with van der Waals surface area (Å²) in [5.41, 5.74) is 0.548. The molecule has 1 aromatic rings. The van der Waals surface area contributed by atoms with Crippen molar-refractivity contribution < 1.29 is 14.3 Å². The van der Waals surface area contributed by atoms with E-state index in [4.69, 9.17) is 0 Å². The lowest BCUT2D eigenvalue weighted by Crippen LogP contribution is -2.30. The van der Waals surface area contributed by atoms with Gasteiger partial charge in [-0.1, -0.05) is 44.2 Å². The Bertz CT molecular complexity index is 368. The Balaban J connectivity index is 2.97. The van der Waals surface area contributed by atoms with Crippen molar-refractivity contribution in [3.05, 3.63) is 35.9 Å². The molecule has 0 saturated heterocycles. The van der Waals surface area contributed by atoms with Gasteiger partial charge in [0, 0.05) is 5.56 Å². The van der Waals surface area contributed by atoms with Gasteiger partial charge in [-0.15, -0.1) is 0 Å². The van der Waals surface area contributed by atoms with Crippen molar-refractivity contribution in [2.45, 2.75) is 13.8 Å². The van der Waals surface area contributed by atoms with Crippen LogP contribution in [-0.4, -0.2) is 18.9 Å². The number of ether oxygens (including phenoxy) is 1. The van der Waals surface area contributed by atoms with Crippen LogP contribution in [0, 0.1) is 11.8 Å². The van der Waals surface area contributed by atoms with E-state index in [-0.39, 0.29) is 11.7 Å². The van der Waals surface area contributed by atoms with Crippen LogP contribution < -0.4 is 0 Å². The third-order valence-electron chi connectivity index (χ3n) is 2.46. The first-order chi connectivity index (χ1) is 7.57. The summed E-state index contributed by atoms with van der Waals surface area (Å²) in [5.74, 6) is -1.43. The monoisotopic (exact) mass is 220 g/mol. The topological polar surface area (TPSA) is 43.4 Å². The normalized spacial score (nSPS) is 12.2. The molecule has 1 atom stereocenters. The van der Waals surface area contributed by atoms with Crippen LogP contribution in [0.15, 0.2) is 30.3 Å². The third-order valence-corrected chi connectivity index (χ3v) is 2.46. The third kappa shape index (κ3) is 2.69. The molecular formula is C13H16O3. The highest BCUT2D eigenvalue weighted by molar-refractivity contribution is 6.08. The van der Waals surface area contributed by atoms with E-state index in [1.807, 2.05) is 19.9 Å². The van der Waals surface area contributed by atoms with Crippen LogP contribution in [0.25, 0.3) is 0 Å². The van der Waals surface area contributed by atoms with Crippen LogP contribution in [0.1, 0.15) is 24.2 Å². The standard InChI is InChI=1S/C13H16O3/c1-9(2)11(13(15)16-3)12(14)10-7-5-4-6-8-10/h4-9,11H,1-3H3/t11-/m0/s1. The summed E-state index contributed by atoms with van der Waals surface area (Å²) in [6, 6.07) is 8.81. The SMILES string of the molecule is COC(=O)[C@H](C(=O)c1ccccc1)C(C)C. The lowest BCUT2D eigenvalue weighted by Gasteiger charge is -2.16. The highest BCUT2D eigenvalue weighted by Crippen LogP contribution is 2.18. The first-order valence-electron chi connectivity index (χ1n) is 5.25. The van der Waals surface area contributed by atoms with Gasteiger partial charge >= 0.3 is 5.97 Å². The van der Waals surface area contributed by atoms with Crippen LogP contribution in [0.4, 0.5) is 0 Å². The quantitative estimate of drug-likeness (QED) is 0.444. The van der Waals surface area contributed by atoms with Gasteiger partial charge in [0.2, 0.25) is 0 Å². The number of ketones is 1. The molecule has 1 aromatic carbocycles. The Morgan fingerprint density at radius 1 is 1.12 bits per heavy atom. The zero-order valence-electron chi connectivity index (χ0n) is 9.77.